The second kappa shape index (κ2) is 6.18. The number of rotatable bonds is 6. The van der Waals surface area contributed by atoms with E-state index in [9.17, 15) is 8.42 Å². The van der Waals surface area contributed by atoms with Gasteiger partial charge in [0.05, 0.1) is 11.9 Å². The highest BCUT2D eigenvalue weighted by Gasteiger charge is 2.02. The number of pyridine rings is 1. The Balaban J connectivity index is 2.39. The summed E-state index contributed by atoms with van der Waals surface area (Å²) in [5, 5.41) is 11.7. The van der Waals surface area contributed by atoms with Gasteiger partial charge in [0, 0.05) is 13.1 Å². The van der Waals surface area contributed by atoms with Gasteiger partial charge < -0.3 is 11.1 Å². The summed E-state index contributed by atoms with van der Waals surface area (Å²) in [7, 11) is -3.14. The molecule has 18 heavy (non-hydrogen) atoms. The molecule has 0 aliphatic carbocycles. The zero-order chi connectivity index (χ0) is 13.6. The molecule has 1 rings (SSSR count). The molecule has 0 radical (unpaired) electrons. The van der Waals surface area contributed by atoms with E-state index >= 15 is 0 Å². The van der Waals surface area contributed by atoms with Crippen LogP contribution in [0, 0.1) is 11.3 Å². The summed E-state index contributed by atoms with van der Waals surface area (Å²) >= 11 is 0. The molecule has 0 spiro atoms. The van der Waals surface area contributed by atoms with Gasteiger partial charge in [0.15, 0.2) is 5.69 Å². The summed E-state index contributed by atoms with van der Waals surface area (Å²) < 4.78 is 24.0. The summed E-state index contributed by atoms with van der Waals surface area (Å²) in [5.41, 5.74) is 6.04. The lowest BCUT2D eigenvalue weighted by Crippen LogP contribution is -2.24. The van der Waals surface area contributed by atoms with Crippen LogP contribution in [0.3, 0.4) is 0 Å². The van der Waals surface area contributed by atoms with Crippen LogP contribution < -0.4 is 15.8 Å². The molecular weight excluding hydrogens is 254 g/mol. The van der Waals surface area contributed by atoms with Crippen molar-refractivity contribution in [3.05, 3.63) is 17.8 Å². The monoisotopic (exact) mass is 269 g/mol. The first-order valence-electron chi connectivity index (χ1n) is 5.27. The molecule has 1 aromatic rings. The van der Waals surface area contributed by atoms with E-state index < -0.39 is 10.0 Å². The van der Waals surface area contributed by atoms with E-state index in [2.05, 4.69) is 15.0 Å². The predicted molar refractivity (Wildman–Crippen MR) is 69.3 cm³/mol. The molecule has 0 aliphatic rings. The minimum absolute atomic E-state index is 0.175. The SMILES string of the molecule is CS(=O)(=O)NCCCNc1ccc(N)c(C#N)n1. The van der Waals surface area contributed by atoms with E-state index in [1.807, 2.05) is 6.07 Å². The van der Waals surface area contributed by atoms with E-state index in [4.69, 9.17) is 11.0 Å². The summed E-state index contributed by atoms with van der Waals surface area (Å²) in [4.78, 5) is 4.00. The number of nitrogen functional groups attached to an aromatic ring is 1. The van der Waals surface area contributed by atoms with Crippen LogP contribution in [-0.4, -0.2) is 32.7 Å². The van der Waals surface area contributed by atoms with Crippen molar-refractivity contribution < 1.29 is 8.42 Å². The van der Waals surface area contributed by atoms with Crippen molar-refractivity contribution in [3.8, 4) is 6.07 Å². The highest BCUT2D eigenvalue weighted by Crippen LogP contribution is 2.11. The van der Waals surface area contributed by atoms with Gasteiger partial charge in [0.1, 0.15) is 11.9 Å². The molecule has 0 atom stereocenters. The highest BCUT2D eigenvalue weighted by molar-refractivity contribution is 7.88. The summed E-state index contributed by atoms with van der Waals surface area (Å²) in [5.74, 6) is 0.542. The van der Waals surface area contributed by atoms with Crippen molar-refractivity contribution in [2.45, 2.75) is 6.42 Å². The first-order chi connectivity index (χ1) is 8.42. The van der Waals surface area contributed by atoms with Crippen molar-refractivity contribution in [1.82, 2.24) is 9.71 Å². The largest absolute Gasteiger partial charge is 0.396 e. The molecule has 1 heterocycles. The molecule has 0 unspecified atom stereocenters. The molecule has 1 aromatic heterocycles. The average Bonchev–Trinajstić information content (AvgIpc) is 2.29. The van der Waals surface area contributed by atoms with Gasteiger partial charge in [0.2, 0.25) is 10.0 Å². The summed E-state index contributed by atoms with van der Waals surface area (Å²) in [6, 6.07) is 5.16. The van der Waals surface area contributed by atoms with Crippen molar-refractivity contribution in [3.63, 3.8) is 0 Å². The van der Waals surface area contributed by atoms with Crippen LogP contribution in [0.25, 0.3) is 0 Å². The number of sulfonamides is 1. The molecule has 0 amide bonds. The Morgan fingerprint density at radius 2 is 2.17 bits per heavy atom. The van der Waals surface area contributed by atoms with E-state index in [0.29, 0.717) is 31.0 Å². The normalized spacial score (nSPS) is 10.9. The number of hydrogen-bond acceptors (Lipinski definition) is 6. The van der Waals surface area contributed by atoms with Gasteiger partial charge in [-0.1, -0.05) is 0 Å². The molecule has 7 nitrogen and oxygen atoms in total. The Morgan fingerprint density at radius 3 is 2.78 bits per heavy atom. The minimum atomic E-state index is -3.14. The molecular formula is C10H15N5O2S. The first kappa shape index (κ1) is 14.2. The lowest BCUT2D eigenvalue weighted by atomic mass is 10.3. The molecule has 0 saturated heterocycles. The predicted octanol–water partition coefficient (Wildman–Crippen LogP) is -0.113. The number of nitrogens with zero attached hydrogens (tertiary/aromatic N) is 2. The topological polar surface area (TPSA) is 121 Å². The minimum Gasteiger partial charge on any atom is -0.396 e. The molecule has 0 aromatic carbocycles. The van der Waals surface area contributed by atoms with E-state index in [1.54, 1.807) is 12.1 Å². The molecule has 0 fully saturated rings. The number of nitriles is 1. The lowest BCUT2D eigenvalue weighted by Gasteiger charge is -2.06. The third-order valence-electron chi connectivity index (χ3n) is 2.06. The van der Waals surface area contributed by atoms with Crippen LogP contribution in [0.2, 0.25) is 0 Å². The Hall–Kier alpha value is -1.85. The second-order valence-corrected chi connectivity index (χ2v) is 5.53. The maximum atomic E-state index is 10.8. The summed E-state index contributed by atoms with van der Waals surface area (Å²) in [6.45, 7) is 0.899. The number of nitrogens with two attached hydrogens (primary N) is 1. The van der Waals surface area contributed by atoms with Crippen molar-refractivity contribution in [2.75, 3.05) is 30.4 Å². The van der Waals surface area contributed by atoms with Gasteiger partial charge in [-0.15, -0.1) is 0 Å². The molecule has 0 aliphatic heterocycles. The fraction of sp³-hybridized carbons (Fsp3) is 0.400. The van der Waals surface area contributed by atoms with Gasteiger partial charge in [-0.3, -0.25) is 0 Å². The fourth-order valence-electron chi connectivity index (χ4n) is 1.22. The zero-order valence-electron chi connectivity index (χ0n) is 9.97. The quantitative estimate of drug-likeness (QED) is 0.619. The highest BCUT2D eigenvalue weighted by atomic mass is 32.2. The van der Waals surface area contributed by atoms with E-state index in [1.165, 1.54) is 0 Å². The number of anilines is 2. The Bertz CT molecular complexity index is 550. The Kier molecular flexibility index (Phi) is 4.88. The smallest absolute Gasteiger partial charge is 0.208 e. The number of nitrogens with one attached hydrogen (secondary N) is 2. The maximum Gasteiger partial charge on any atom is 0.208 e. The van der Waals surface area contributed by atoms with E-state index in [-0.39, 0.29) is 5.69 Å². The Morgan fingerprint density at radius 1 is 1.44 bits per heavy atom. The van der Waals surface area contributed by atoms with Gasteiger partial charge in [-0.05, 0) is 18.6 Å². The van der Waals surface area contributed by atoms with Crippen LogP contribution in [0.1, 0.15) is 12.1 Å². The van der Waals surface area contributed by atoms with Crippen LogP contribution in [0.5, 0.6) is 0 Å². The van der Waals surface area contributed by atoms with Crippen molar-refractivity contribution in [1.29, 1.82) is 5.26 Å². The molecule has 0 bridgehead atoms. The van der Waals surface area contributed by atoms with Gasteiger partial charge in [-0.25, -0.2) is 18.1 Å². The molecule has 0 saturated carbocycles. The Labute approximate surface area is 106 Å². The van der Waals surface area contributed by atoms with Gasteiger partial charge >= 0.3 is 0 Å². The third-order valence-corrected chi connectivity index (χ3v) is 2.78. The number of hydrogen-bond donors (Lipinski definition) is 3. The zero-order valence-corrected chi connectivity index (χ0v) is 10.8. The van der Waals surface area contributed by atoms with Crippen molar-refractivity contribution in [2.24, 2.45) is 0 Å². The standard InChI is InChI=1S/C10H15N5O2S/c1-18(16,17)14-6-2-5-13-10-4-3-8(12)9(7-11)15-10/h3-4,14H,2,5-6,12H2,1H3,(H,13,15). The average molecular weight is 269 g/mol. The van der Waals surface area contributed by atoms with Crippen LogP contribution in [0.15, 0.2) is 12.1 Å². The van der Waals surface area contributed by atoms with E-state index in [0.717, 1.165) is 6.26 Å². The third kappa shape index (κ3) is 4.99. The van der Waals surface area contributed by atoms with Gasteiger partial charge in [-0.2, -0.15) is 5.26 Å². The van der Waals surface area contributed by atoms with Crippen LogP contribution in [-0.2, 0) is 10.0 Å². The molecule has 98 valence electrons. The maximum absolute atomic E-state index is 10.8. The van der Waals surface area contributed by atoms with Gasteiger partial charge in [0.25, 0.3) is 0 Å². The summed E-state index contributed by atoms with van der Waals surface area (Å²) in [6.07, 6.45) is 1.72. The van der Waals surface area contributed by atoms with Crippen LogP contribution in [0.4, 0.5) is 11.5 Å². The molecule has 8 heteroatoms. The lowest BCUT2D eigenvalue weighted by molar-refractivity contribution is 0.586. The number of aromatic nitrogens is 1. The first-order valence-corrected chi connectivity index (χ1v) is 7.16. The fourth-order valence-corrected chi connectivity index (χ4v) is 1.74. The molecule has 4 N–H and O–H groups in total. The second-order valence-electron chi connectivity index (χ2n) is 3.69. The van der Waals surface area contributed by atoms with Crippen LogP contribution >= 0.6 is 0 Å². The van der Waals surface area contributed by atoms with Crippen molar-refractivity contribution >= 4 is 21.5 Å².